The Morgan fingerprint density at radius 2 is 2.03 bits per heavy atom. The van der Waals surface area contributed by atoms with Gasteiger partial charge in [-0.25, -0.2) is 0 Å². The number of ether oxygens (including phenoxy) is 1. The number of unbranched alkanes of at least 4 members (excludes halogenated alkanes) is 2. The zero-order valence-corrected chi connectivity index (χ0v) is 19.1. The zero-order valence-electron chi connectivity index (χ0n) is 19.1. The van der Waals surface area contributed by atoms with E-state index in [0.29, 0.717) is 5.59 Å². The first kappa shape index (κ1) is 23.8. The topological polar surface area (TPSA) is 67.4 Å². The number of aldehydes is 1. The molecule has 32 heavy (non-hydrogen) atoms. The molecule has 0 bridgehead atoms. The van der Waals surface area contributed by atoms with Gasteiger partial charge in [-0.1, -0.05) is 0 Å². The summed E-state index contributed by atoms with van der Waals surface area (Å²) in [6, 6.07) is 4.26. The van der Waals surface area contributed by atoms with Crippen LogP contribution in [-0.2, 0) is 15.1 Å². The van der Waals surface area contributed by atoms with Gasteiger partial charge in [0.15, 0.2) is 0 Å². The summed E-state index contributed by atoms with van der Waals surface area (Å²) >= 11 is 0. The van der Waals surface area contributed by atoms with Crippen LogP contribution in [-0.4, -0.2) is 38.9 Å². The van der Waals surface area contributed by atoms with Crippen LogP contribution in [0.15, 0.2) is 35.4 Å². The van der Waals surface area contributed by atoms with Crippen LogP contribution in [0.5, 0.6) is 5.75 Å². The number of amides is 1. The van der Waals surface area contributed by atoms with E-state index in [9.17, 15) is 9.59 Å². The Bertz CT molecular complexity index is 1070. The summed E-state index contributed by atoms with van der Waals surface area (Å²) in [5.41, 5.74) is 3.30. The first-order valence-corrected chi connectivity index (χ1v) is 11.3. The summed E-state index contributed by atoms with van der Waals surface area (Å²) in [5, 5.41) is 8.19. The Balaban J connectivity index is 1.83. The van der Waals surface area contributed by atoms with Crippen molar-refractivity contribution in [2.24, 2.45) is 0 Å². The number of hydrogen-bond donors (Lipinski definition) is 2. The molecule has 1 aromatic rings. The van der Waals surface area contributed by atoms with Crippen LogP contribution in [0.25, 0.3) is 12.7 Å². The van der Waals surface area contributed by atoms with Crippen LogP contribution < -0.4 is 25.8 Å². The van der Waals surface area contributed by atoms with Crippen molar-refractivity contribution < 1.29 is 14.3 Å². The third-order valence-corrected chi connectivity index (χ3v) is 6.16. The van der Waals surface area contributed by atoms with Crippen LogP contribution in [0.2, 0.25) is 0 Å². The normalized spacial score (nSPS) is 17.1. The predicted octanol–water partition coefficient (Wildman–Crippen LogP) is 1.91. The Labute approximate surface area is 191 Å². The van der Waals surface area contributed by atoms with Crippen molar-refractivity contribution in [1.82, 2.24) is 10.6 Å². The van der Waals surface area contributed by atoms with E-state index < -0.39 is 5.91 Å². The van der Waals surface area contributed by atoms with Crippen LogP contribution in [0.3, 0.4) is 0 Å². The summed E-state index contributed by atoms with van der Waals surface area (Å²) < 4.78 is 5.62. The van der Waals surface area contributed by atoms with Crippen molar-refractivity contribution in [2.75, 3.05) is 13.7 Å². The summed E-state index contributed by atoms with van der Waals surface area (Å²) in [4.78, 5) is 22.0. The van der Waals surface area contributed by atoms with Crippen molar-refractivity contribution in [3.8, 4) is 5.75 Å². The number of rotatable bonds is 11. The van der Waals surface area contributed by atoms with Crippen molar-refractivity contribution in [3.63, 3.8) is 0 Å². The molecule has 0 atom stereocenters. The average Bonchev–Trinajstić information content (AvgIpc) is 3.59. The first-order valence-electron chi connectivity index (χ1n) is 11.3. The minimum absolute atomic E-state index is 0.242. The van der Waals surface area contributed by atoms with Gasteiger partial charge in [-0.2, -0.15) is 0 Å². The van der Waals surface area contributed by atoms with Gasteiger partial charge in [0, 0.05) is 0 Å². The van der Waals surface area contributed by atoms with Gasteiger partial charge in [-0.05, 0) is 0 Å². The van der Waals surface area contributed by atoms with Gasteiger partial charge >= 0.3 is 191 Å². The standard InChI is InChI=1S/C26H32BN2O3/c1-4-5-6-9-19-14-21(15-23(32-3)18(19)2)26(12-13-26)29-25(27)22-11-8-7-10-20(22)16-28-24(31)17-30/h9-11,14-15,17,29H,2,4-8,12-13,16H2,1,3H3,(H,28,31)/b19-9-. The summed E-state index contributed by atoms with van der Waals surface area (Å²) in [6.07, 6.45) is 13.7. The van der Waals surface area contributed by atoms with Gasteiger partial charge in [-0.3, -0.25) is 0 Å². The average molecular weight is 431 g/mol. The summed E-state index contributed by atoms with van der Waals surface area (Å²) in [7, 11) is 8.22. The molecule has 1 radical (unpaired) electrons. The number of benzene rings is 1. The number of carbonyl (C=O) groups excluding carboxylic acids is 2. The SMILES string of the molecule is [B]=C(NC1(c2cc(OC)c(=C)/c(=C\CCCC)c2)CC1)C1=CCCC=C1CNC(=O)C=O. The molecule has 3 rings (SSSR count). The van der Waals surface area contributed by atoms with E-state index in [-0.39, 0.29) is 18.4 Å². The molecular formula is C26H32BN2O3. The number of nitrogens with one attached hydrogen (secondary N) is 2. The van der Waals surface area contributed by atoms with E-state index in [1.807, 2.05) is 0 Å². The number of methoxy groups -OCH3 is 1. The molecule has 1 amide bonds. The van der Waals surface area contributed by atoms with E-state index >= 15 is 0 Å². The van der Waals surface area contributed by atoms with E-state index in [0.717, 1.165) is 77.8 Å². The van der Waals surface area contributed by atoms with E-state index in [2.05, 4.69) is 54.5 Å². The number of allylic oxidation sites excluding steroid dienone is 2. The molecule has 0 aliphatic heterocycles. The molecule has 0 spiro atoms. The van der Waals surface area contributed by atoms with Crippen molar-refractivity contribution in [2.45, 2.75) is 57.4 Å². The van der Waals surface area contributed by atoms with Gasteiger partial charge in [0.1, 0.15) is 0 Å². The molecule has 1 fully saturated rings. The van der Waals surface area contributed by atoms with Crippen LogP contribution in [0.1, 0.15) is 57.4 Å². The van der Waals surface area contributed by atoms with Crippen LogP contribution in [0.4, 0.5) is 0 Å². The van der Waals surface area contributed by atoms with Crippen molar-refractivity contribution in [3.05, 3.63) is 51.4 Å². The molecule has 0 aromatic heterocycles. The first-order chi connectivity index (χ1) is 15.4. The maximum atomic E-state index is 11.4. The van der Waals surface area contributed by atoms with Crippen LogP contribution >= 0.6 is 0 Å². The van der Waals surface area contributed by atoms with E-state index in [4.69, 9.17) is 12.2 Å². The minimum atomic E-state index is -0.631. The molecule has 5 nitrogen and oxygen atoms in total. The fraction of sp³-hybridized carbons (Fsp3) is 0.423. The van der Waals surface area contributed by atoms with Gasteiger partial charge < -0.3 is 0 Å². The van der Waals surface area contributed by atoms with Gasteiger partial charge in [-0.15, -0.1) is 0 Å². The molecule has 1 aromatic carbocycles. The molecule has 167 valence electrons. The van der Waals surface area contributed by atoms with Gasteiger partial charge in [0.2, 0.25) is 0 Å². The molecule has 0 unspecified atom stereocenters. The molecule has 0 heterocycles. The number of carbonyl (C=O) groups is 2. The Hall–Kier alpha value is -2.89. The third-order valence-electron chi connectivity index (χ3n) is 6.16. The molecule has 1 saturated carbocycles. The van der Waals surface area contributed by atoms with Crippen LogP contribution in [0, 0.1) is 0 Å². The van der Waals surface area contributed by atoms with Gasteiger partial charge in [0.25, 0.3) is 0 Å². The molecule has 0 saturated heterocycles. The second kappa shape index (κ2) is 10.6. The fourth-order valence-electron chi connectivity index (χ4n) is 4.11. The molecular weight excluding hydrogens is 399 g/mol. The summed E-state index contributed by atoms with van der Waals surface area (Å²) in [6.45, 7) is 6.68. The Morgan fingerprint density at radius 3 is 2.69 bits per heavy atom. The van der Waals surface area contributed by atoms with Crippen molar-refractivity contribution >= 4 is 37.9 Å². The zero-order chi connectivity index (χ0) is 23.1. The Morgan fingerprint density at radius 1 is 1.28 bits per heavy atom. The molecule has 6 heteroatoms. The molecule has 2 aliphatic carbocycles. The third kappa shape index (κ3) is 5.48. The van der Waals surface area contributed by atoms with E-state index in [1.54, 1.807) is 7.11 Å². The second-order valence-corrected chi connectivity index (χ2v) is 8.47. The van der Waals surface area contributed by atoms with E-state index in [1.165, 1.54) is 0 Å². The van der Waals surface area contributed by atoms with Gasteiger partial charge in [0.05, 0.1) is 0 Å². The Kier molecular flexibility index (Phi) is 7.89. The predicted molar refractivity (Wildman–Crippen MR) is 131 cm³/mol. The molecule has 2 aliphatic rings. The monoisotopic (exact) mass is 431 g/mol. The maximum absolute atomic E-state index is 11.4. The summed E-state index contributed by atoms with van der Waals surface area (Å²) in [5.74, 6) is 0.152. The fourth-order valence-corrected chi connectivity index (χ4v) is 4.11. The van der Waals surface area contributed by atoms with Crippen molar-refractivity contribution in [1.29, 1.82) is 0 Å². The molecule has 2 N–H and O–H groups in total. The quantitative estimate of drug-likeness (QED) is 0.243. The second-order valence-electron chi connectivity index (χ2n) is 8.47. The number of hydrogen-bond acceptors (Lipinski definition) is 4.